The minimum absolute atomic E-state index is 0.0340. The molecule has 0 N–H and O–H groups in total. The minimum Gasteiger partial charge on any atom is -0.493 e. The Hall–Kier alpha value is -2.09. The third kappa shape index (κ3) is 4.55. The second-order valence-electron chi connectivity index (χ2n) is 7.18. The first-order valence-corrected chi connectivity index (χ1v) is 9.85. The van der Waals surface area contributed by atoms with E-state index in [9.17, 15) is 4.39 Å². The van der Waals surface area contributed by atoms with Crippen LogP contribution in [-0.4, -0.2) is 6.61 Å². The first-order valence-electron chi connectivity index (χ1n) is 9.85. The number of hydrogen-bond donors (Lipinski definition) is 0. The fourth-order valence-electron chi connectivity index (χ4n) is 3.84. The molecule has 2 aromatic rings. The highest BCUT2D eigenvalue weighted by Crippen LogP contribution is 2.35. The van der Waals surface area contributed by atoms with Gasteiger partial charge in [-0.2, -0.15) is 0 Å². The van der Waals surface area contributed by atoms with E-state index < -0.39 is 0 Å². The molecule has 1 aliphatic rings. The molecule has 0 saturated carbocycles. The summed E-state index contributed by atoms with van der Waals surface area (Å²) in [5, 5.41) is 0. The van der Waals surface area contributed by atoms with Gasteiger partial charge in [-0.25, -0.2) is 4.39 Å². The van der Waals surface area contributed by atoms with Crippen LogP contribution in [-0.2, 0) is 19.3 Å². The Morgan fingerprint density at radius 3 is 2.81 bits per heavy atom. The van der Waals surface area contributed by atoms with Crippen molar-refractivity contribution < 1.29 is 9.13 Å². The summed E-state index contributed by atoms with van der Waals surface area (Å²) in [6.07, 6.45) is 9.99. The van der Waals surface area contributed by atoms with Crippen molar-refractivity contribution in [1.29, 1.82) is 0 Å². The highest BCUT2D eigenvalue weighted by atomic mass is 19.1. The lowest BCUT2D eigenvalue weighted by molar-refractivity contribution is 0.324. The summed E-state index contributed by atoms with van der Waals surface area (Å²) in [4.78, 5) is 0. The molecule has 0 amide bonds. The van der Waals surface area contributed by atoms with Gasteiger partial charge in [-0.15, -0.1) is 0 Å². The molecule has 1 nitrogen and oxygen atoms in total. The molecule has 0 bridgehead atoms. The van der Waals surface area contributed by atoms with Gasteiger partial charge >= 0.3 is 0 Å². The average molecular weight is 352 g/mol. The lowest BCUT2D eigenvalue weighted by atomic mass is 9.79. The quantitative estimate of drug-likeness (QED) is 0.414. The molecule has 0 spiro atoms. The summed E-state index contributed by atoms with van der Waals surface area (Å²) in [6.45, 7) is 4.86. The molecule has 0 saturated heterocycles. The summed E-state index contributed by atoms with van der Waals surface area (Å²) < 4.78 is 20.4. The van der Waals surface area contributed by atoms with Crippen LogP contribution in [0.2, 0.25) is 0 Å². The van der Waals surface area contributed by atoms with Crippen molar-refractivity contribution >= 4 is 0 Å². The van der Waals surface area contributed by atoms with E-state index in [1.807, 2.05) is 19.1 Å². The van der Waals surface area contributed by atoms with Crippen molar-refractivity contribution in [1.82, 2.24) is 0 Å². The topological polar surface area (TPSA) is 9.23 Å². The Kier molecular flexibility index (Phi) is 6.49. The van der Waals surface area contributed by atoms with E-state index in [-0.39, 0.29) is 11.7 Å². The molecule has 0 heterocycles. The summed E-state index contributed by atoms with van der Waals surface area (Å²) >= 11 is 0. The highest BCUT2D eigenvalue weighted by Gasteiger charge is 2.23. The van der Waals surface area contributed by atoms with Crippen molar-refractivity contribution in [3.8, 4) is 5.75 Å². The van der Waals surface area contributed by atoms with Crippen molar-refractivity contribution in [2.45, 2.75) is 58.3 Å². The molecule has 2 aromatic carbocycles. The lowest BCUT2D eigenvalue weighted by Gasteiger charge is -2.26. The third-order valence-corrected chi connectivity index (χ3v) is 5.24. The van der Waals surface area contributed by atoms with Gasteiger partial charge in [0.1, 0.15) is 11.6 Å². The van der Waals surface area contributed by atoms with Gasteiger partial charge in [-0.3, -0.25) is 0 Å². The molecule has 0 fully saturated rings. The number of halogens is 1. The van der Waals surface area contributed by atoms with E-state index in [0.29, 0.717) is 6.61 Å². The van der Waals surface area contributed by atoms with Gasteiger partial charge in [0.15, 0.2) is 0 Å². The van der Waals surface area contributed by atoms with Gasteiger partial charge < -0.3 is 4.74 Å². The zero-order chi connectivity index (χ0) is 18.4. The number of fused-ring (bicyclic) bond motifs is 1. The van der Waals surface area contributed by atoms with Gasteiger partial charge in [-0.1, -0.05) is 43.7 Å². The van der Waals surface area contributed by atoms with E-state index in [0.717, 1.165) is 55.4 Å². The third-order valence-electron chi connectivity index (χ3n) is 5.24. The first-order chi connectivity index (χ1) is 12.7. The van der Waals surface area contributed by atoms with E-state index in [1.165, 1.54) is 11.1 Å². The van der Waals surface area contributed by atoms with Crippen LogP contribution >= 0.6 is 0 Å². The summed E-state index contributed by atoms with van der Waals surface area (Å²) in [5.41, 5.74) is 4.67. The van der Waals surface area contributed by atoms with E-state index in [2.05, 4.69) is 37.3 Å². The van der Waals surface area contributed by atoms with Crippen LogP contribution in [0.25, 0.3) is 0 Å². The number of benzene rings is 2. The second-order valence-corrected chi connectivity index (χ2v) is 7.18. The number of hydrogen-bond acceptors (Lipinski definition) is 1. The number of ether oxygens (including phenoxy) is 1. The van der Waals surface area contributed by atoms with Crippen LogP contribution in [0.5, 0.6) is 5.75 Å². The lowest BCUT2D eigenvalue weighted by Crippen LogP contribution is -2.14. The molecule has 1 atom stereocenters. The van der Waals surface area contributed by atoms with Crippen LogP contribution in [0.1, 0.15) is 61.3 Å². The Labute approximate surface area is 156 Å². The van der Waals surface area contributed by atoms with E-state index >= 15 is 0 Å². The molecule has 0 aliphatic heterocycles. The van der Waals surface area contributed by atoms with Gasteiger partial charge in [0, 0.05) is 0 Å². The van der Waals surface area contributed by atoms with Gasteiger partial charge in [0.2, 0.25) is 0 Å². The van der Waals surface area contributed by atoms with Crippen molar-refractivity contribution in [2.75, 3.05) is 6.61 Å². The van der Waals surface area contributed by atoms with E-state index in [1.54, 1.807) is 6.07 Å². The summed E-state index contributed by atoms with van der Waals surface area (Å²) in [6, 6.07) is 12.2. The Morgan fingerprint density at radius 1 is 1.15 bits per heavy atom. The Morgan fingerprint density at radius 2 is 2.04 bits per heavy atom. The van der Waals surface area contributed by atoms with Gasteiger partial charge in [-0.05, 0) is 85.4 Å². The monoisotopic (exact) mass is 352 g/mol. The normalized spacial score (nSPS) is 16.7. The zero-order valence-electron chi connectivity index (χ0n) is 15.9. The molecular weight excluding hydrogens is 323 g/mol. The Balaban J connectivity index is 1.68. The van der Waals surface area contributed by atoms with Crippen molar-refractivity contribution in [3.05, 3.63) is 76.6 Å². The molecule has 1 aliphatic carbocycles. The fraction of sp³-hybridized carbons (Fsp3) is 0.417. The van der Waals surface area contributed by atoms with Crippen molar-refractivity contribution in [2.24, 2.45) is 0 Å². The molecule has 3 rings (SSSR count). The minimum atomic E-state index is -0.0340. The predicted molar refractivity (Wildman–Crippen MR) is 107 cm³/mol. The standard InChI is InChI=1S/C24H29FO/c1-3-5-6-14-26-22-12-11-19-16-21(10-9-20(19)17-22)23-13-8-18(7-4-2)15-24(23)25/h3,5,8,11-13,15,17,21H,4,6-7,9-10,14,16H2,1-2H3. The van der Waals surface area contributed by atoms with Crippen LogP contribution in [0.15, 0.2) is 48.6 Å². The summed E-state index contributed by atoms with van der Waals surface area (Å²) in [5.74, 6) is 1.19. The molecule has 0 radical (unpaired) electrons. The van der Waals surface area contributed by atoms with Crippen LogP contribution in [0.3, 0.4) is 0 Å². The fourth-order valence-corrected chi connectivity index (χ4v) is 3.84. The molecule has 138 valence electrons. The maximum Gasteiger partial charge on any atom is 0.126 e. The predicted octanol–water partition coefficient (Wildman–Crippen LogP) is 6.40. The van der Waals surface area contributed by atoms with E-state index in [4.69, 9.17) is 4.74 Å². The average Bonchev–Trinajstić information content (AvgIpc) is 2.65. The number of allylic oxidation sites excluding steroid dienone is 1. The maximum atomic E-state index is 14.6. The van der Waals surface area contributed by atoms with Gasteiger partial charge in [0.25, 0.3) is 0 Å². The SMILES string of the molecule is CC=CCCOc1ccc2c(c1)CCC(c1ccc(CCC)cc1F)C2. The van der Waals surface area contributed by atoms with Crippen molar-refractivity contribution in [3.63, 3.8) is 0 Å². The molecule has 2 heteroatoms. The molecular formula is C24H29FO. The maximum absolute atomic E-state index is 14.6. The highest BCUT2D eigenvalue weighted by molar-refractivity contribution is 5.40. The second kappa shape index (κ2) is 9.02. The summed E-state index contributed by atoms with van der Waals surface area (Å²) in [7, 11) is 0. The Bertz CT molecular complexity index is 763. The smallest absolute Gasteiger partial charge is 0.126 e. The zero-order valence-corrected chi connectivity index (χ0v) is 15.9. The first kappa shape index (κ1) is 18.7. The largest absolute Gasteiger partial charge is 0.493 e. The molecule has 0 aromatic heterocycles. The number of aryl methyl sites for hydroxylation is 2. The molecule has 1 unspecified atom stereocenters. The van der Waals surface area contributed by atoms with Crippen LogP contribution in [0, 0.1) is 5.82 Å². The number of rotatable bonds is 7. The van der Waals surface area contributed by atoms with Gasteiger partial charge in [0.05, 0.1) is 6.61 Å². The van der Waals surface area contributed by atoms with Crippen LogP contribution in [0.4, 0.5) is 4.39 Å². The van der Waals surface area contributed by atoms with Crippen LogP contribution < -0.4 is 4.74 Å². The molecule has 26 heavy (non-hydrogen) atoms.